The Balaban J connectivity index is 6.17. The van der Waals surface area contributed by atoms with Gasteiger partial charge in [0, 0.05) is 32.4 Å². The van der Waals surface area contributed by atoms with E-state index in [1.54, 1.807) is 13.8 Å². The highest BCUT2D eigenvalue weighted by Gasteiger charge is 2.34. The molecule has 0 heterocycles. The van der Waals surface area contributed by atoms with Crippen LogP contribution in [0.1, 0.15) is 91.4 Å². The summed E-state index contributed by atoms with van der Waals surface area (Å²) >= 11 is 0. The molecule has 0 radical (unpaired) electrons. The molecular formula is C38H66N14O15. The average Bonchev–Trinajstić information content (AvgIpc) is 3.24. The van der Waals surface area contributed by atoms with Crippen molar-refractivity contribution in [1.82, 2.24) is 37.2 Å². The number of guanidine groups is 2. The van der Waals surface area contributed by atoms with Gasteiger partial charge in [-0.05, 0) is 57.8 Å². The fraction of sp³-hybridized carbons (Fsp3) is 0.658. The molecule has 0 fully saturated rings. The number of nitrogens with zero attached hydrogens (tertiary/aromatic N) is 2. The van der Waals surface area contributed by atoms with Crippen LogP contribution in [0.15, 0.2) is 9.98 Å². The van der Waals surface area contributed by atoms with E-state index in [0.29, 0.717) is 0 Å². The quantitative estimate of drug-likeness (QED) is 0.0162. The third kappa shape index (κ3) is 26.3. The van der Waals surface area contributed by atoms with Gasteiger partial charge >= 0.3 is 23.9 Å². The number of aliphatic carboxylic acids is 4. The number of rotatable bonds is 34. The Labute approximate surface area is 385 Å². The second-order valence-electron chi connectivity index (χ2n) is 15.3. The van der Waals surface area contributed by atoms with Crippen LogP contribution in [0.3, 0.4) is 0 Å². The number of nitrogens with two attached hydrogens (primary N) is 5. The van der Waals surface area contributed by atoms with Crippen molar-refractivity contribution in [1.29, 1.82) is 0 Å². The van der Waals surface area contributed by atoms with Crippen molar-refractivity contribution in [3.63, 3.8) is 0 Å². The topological polar surface area (TPSA) is 508 Å². The van der Waals surface area contributed by atoms with Crippen molar-refractivity contribution in [3.8, 4) is 0 Å². The molecule has 0 aliphatic heterocycles. The number of carboxylic acid groups (broad SMARTS) is 4. The Bertz CT molecular complexity index is 1810. The predicted molar refractivity (Wildman–Crippen MR) is 236 cm³/mol. The summed E-state index contributed by atoms with van der Waals surface area (Å²) in [6.45, 7) is 3.77. The molecule has 21 N–H and O–H groups in total. The van der Waals surface area contributed by atoms with Gasteiger partial charge in [0.25, 0.3) is 0 Å². The first-order valence-corrected chi connectivity index (χ1v) is 21.1. The Morgan fingerprint density at radius 1 is 0.507 bits per heavy atom. The van der Waals surface area contributed by atoms with E-state index in [0.717, 1.165) is 0 Å². The van der Waals surface area contributed by atoms with Gasteiger partial charge in [-0.15, -0.1) is 0 Å². The van der Waals surface area contributed by atoms with E-state index >= 15 is 0 Å². The zero-order chi connectivity index (χ0) is 51.4. The molecule has 0 saturated heterocycles. The summed E-state index contributed by atoms with van der Waals surface area (Å²) in [4.78, 5) is 146. The minimum Gasteiger partial charge on any atom is -0.481 e. The number of aliphatic imine (C=N–C) groups is 2. The van der Waals surface area contributed by atoms with Crippen molar-refractivity contribution in [3.05, 3.63) is 0 Å². The zero-order valence-corrected chi connectivity index (χ0v) is 37.6. The van der Waals surface area contributed by atoms with Crippen molar-refractivity contribution in [2.75, 3.05) is 19.6 Å². The number of carboxylic acids is 4. The van der Waals surface area contributed by atoms with Crippen LogP contribution in [0.5, 0.6) is 0 Å². The predicted octanol–water partition coefficient (Wildman–Crippen LogP) is -5.81. The fourth-order valence-corrected chi connectivity index (χ4v) is 5.72. The first kappa shape index (κ1) is 59.7. The molecule has 0 saturated carbocycles. The van der Waals surface area contributed by atoms with Gasteiger partial charge in [-0.25, -0.2) is 4.79 Å². The SMILES string of the molecule is CCC(C)C(NC(=O)C(C)NC(=O)C(CCCN=C(N)N)NC(=O)C(CCC(=O)O)NC(=O)C(N)CCC(=O)O)C(=O)NC(CCC(=O)O)C(=O)NCC(=O)NC(CCCN=C(N)N)C(=O)O. The third-order valence-corrected chi connectivity index (χ3v) is 9.69. The molecule has 0 aromatic carbocycles. The van der Waals surface area contributed by atoms with Gasteiger partial charge in [-0.1, -0.05) is 20.3 Å². The molecule has 8 unspecified atom stereocenters. The van der Waals surface area contributed by atoms with E-state index in [1.165, 1.54) is 6.92 Å². The highest BCUT2D eigenvalue weighted by molar-refractivity contribution is 5.97. The molecular weight excluding hydrogens is 893 g/mol. The number of hydrogen-bond acceptors (Lipinski definition) is 14. The van der Waals surface area contributed by atoms with Crippen LogP contribution in [0, 0.1) is 5.92 Å². The first-order valence-electron chi connectivity index (χ1n) is 21.1. The number of carbonyl (C=O) groups excluding carboxylic acids is 7. The zero-order valence-electron chi connectivity index (χ0n) is 37.6. The monoisotopic (exact) mass is 958 g/mol. The molecule has 8 atom stereocenters. The standard InChI is InChI=1S/C38H66N14O15/c1-4-18(2)29(35(65)51-22(10-13-27(56)57)32(62)46-17-25(53)48-24(36(66)67)8-6-16-45-38(42)43)52-30(60)19(3)47-33(63)21(7-5-15-44-37(40)41)50-34(64)23(11-14-28(58)59)49-31(61)20(39)9-12-26(54)55/h18-24,29H,4-17,39H2,1-3H3,(H,46,62)(H,47,63)(H,48,53)(H,49,61)(H,50,64)(H,51,65)(H,52,60)(H,54,55)(H,56,57)(H,58,59)(H,66,67)(H4,40,41,44)(H4,42,43,45). The molecule has 0 bridgehead atoms. The van der Waals surface area contributed by atoms with Gasteiger partial charge in [0.15, 0.2) is 11.9 Å². The first-order chi connectivity index (χ1) is 31.3. The molecule has 378 valence electrons. The van der Waals surface area contributed by atoms with E-state index in [2.05, 4.69) is 47.2 Å². The summed E-state index contributed by atoms with van der Waals surface area (Å²) in [7, 11) is 0. The number of carbonyl (C=O) groups is 11. The normalized spacial score (nSPS) is 14.3. The van der Waals surface area contributed by atoms with Crippen LogP contribution in [0.2, 0.25) is 0 Å². The molecule has 0 rings (SSSR count). The summed E-state index contributed by atoms with van der Waals surface area (Å²) in [6.07, 6.45) is -2.68. The maximum absolute atomic E-state index is 13.7. The minimum absolute atomic E-state index is 0.0199. The van der Waals surface area contributed by atoms with E-state index in [9.17, 15) is 68.1 Å². The summed E-state index contributed by atoms with van der Waals surface area (Å²) in [5.41, 5.74) is 27.0. The molecule has 29 nitrogen and oxygen atoms in total. The number of hydrogen-bond donors (Lipinski definition) is 16. The van der Waals surface area contributed by atoms with E-state index in [4.69, 9.17) is 33.8 Å². The van der Waals surface area contributed by atoms with Gasteiger partial charge in [-0.2, -0.15) is 0 Å². The second-order valence-corrected chi connectivity index (χ2v) is 15.3. The molecule has 0 aliphatic rings. The van der Waals surface area contributed by atoms with E-state index in [1.807, 2.05) is 0 Å². The Morgan fingerprint density at radius 3 is 1.42 bits per heavy atom. The number of amides is 7. The van der Waals surface area contributed by atoms with Crippen molar-refractivity contribution < 1.29 is 73.2 Å². The van der Waals surface area contributed by atoms with Gasteiger partial charge in [0.1, 0.15) is 36.3 Å². The summed E-state index contributed by atoms with van der Waals surface area (Å²) in [5.74, 6) is -13.2. The highest BCUT2D eigenvalue weighted by Crippen LogP contribution is 2.11. The Morgan fingerprint density at radius 2 is 0.940 bits per heavy atom. The Kier molecular flexibility index (Phi) is 28.1. The van der Waals surface area contributed by atoms with Crippen LogP contribution >= 0.6 is 0 Å². The molecule has 0 aromatic heterocycles. The molecule has 67 heavy (non-hydrogen) atoms. The molecule has 7 amide bonds. The van der Waals surface area contributed by atoms with Crippen LogP contribution in [0.25, 0.3) is 0 Å². The number of nitrogens with one attached hydrogen (secondary N) is 7. The molecule has 29 heteroatoms. The summed E-state index contributed by atoms with van der Waals surface area (Å²) in [6, 6.07) is -10.2. The largest absolute Gasteiger partial charge is 0.481 e. The van der Waals surface area contributed by atoms with Gasteiger partial charge < -0.3 is 86.3 Å². The average molecular weight is 959 g/mol. The lowest BCUT2D eigenvalue weighted by atomic mass is 9.97. The lowest BCUT2D eigenvalue weighted by Crippen LogP contribution is -2.60. The third-order valence-electron chi connectivity index (χ3n) is 9.69. The van der Waals surface area contributed by atoms with Crippen molar-refractivity contribution in [2.24, 2.45) is 44.6 Å². The van der Waals surface area contributed by atoms with Gasteiger partial charge in [0.05, 0.1) is 12.6 Å². The summed E-state index contributed by atoms with van der Waals surface area (Å²) in [5, 5.41) is 53.4. The van der Waals surface area contributed by atoms with Crippen molar-refractivity contribution >= 4 is 77.1 Å². The van der Waals surface area contributed by atoms with Crippen LogP contribution in [-0.4, -0.2) is 159 Å². The molecule has 0 spiro atoms. The Hall–Kier alpha value is -7.33. The highest BCUT2D eigenvalue weighted by atomic mass is 16.4. The van der Waals surface area contributed by atoms with Gasteiger partial charge in [-0.3, -0.25) is 57.9 Å². The van der Waals surface area contributed by atoms with E-state index in [-0.39, 0.29) is 63.5 Å². The lowest BCUT2D eigenvalue weighted by molar-refractivity contribution is -0.142. The van der Waals surface area contributed by atoms with Gasteiger partial charge in [0.2, 0.25) is 41.4 Å². The summed E-state index contributed by atoms with van der Waals surface area (Å²) < 4.78 is 0. The van der Waals surface area contributed by atoms with Crippen LogP contribution in [-0.2, 0) is 52.7 Å². The van der Waals surface area contributed by atoms with Crippen molar-refractivity contribution in [2.45, 2.75) is 134 Å². The minimum atomic E-state index is -1.57. The second kappa shape index (κ2) is 31.5. The maximum atomic E-state index is 13.7. The molecule has 0 aromatic rings. The van der Waals surface area contributed by atoms with Crippen LogP contribution < -0.4 is 65.9 Å². The fourth-order valence-electron chi connectivity index (χ4n) is 5.72. The van der Waals surface area contributed by atoms with E-state index < -0.39 is 152 Å². The maximum Gasteiger partial charge on any atom is 0.326 e. The molecule has 0 aliphatic carbocycles. The lowest BCUT2D eigenvalue weighted by Gasteiger charge is -2.28. The smallest absolute Gasteiger partial charge is 0.326 e. The van der Waals surface area contributed by atoms with Crippen LogP contribution in [0.4, 0.5) is 0 Å².